The summed E-state index contributed by atoms with van der Waals surface area (Å²) < 4.78 is 48.2. The zero-order chi connectivity index (χ0) is 24.3. The van der Waals surface area contributed by atoms with Crippen LogP contribution >= 0.6 is 0 Å². The van der Waals surface area contributed by atoms with E-state index in [-0.39, 0.29) is 17.7 Å². The molecule has 3 aromatic carbocycles. The number of pyridine rings is 1. The Kier molecular flexibility index (Phi) is 6.24. The summed E-state index contributed by atoms with van der Waals surface area (Å²) in [5.74, 6) is 1.17. The van der Waals surface area contributed by atoms with E-state index in [0.717, 1.165) is 5.56 Å². The van der Waals surface area contributed by atoms with Gasteiger partial charge in [0.05, 0.1) is 11.3 Å². The van der Waals surface area contributed by atoms with Gasteiger partial charge in [-0.05, 0) is 53.9 Å². The van der Waals surface area contributed by atoms with Gasteiger partial charge in [0.15, 0.2) is 0 Å². The number of nitrogens with zero attached hydrogens (tertiary/aromatic N) is 1. The summed E-state index contributed by atoms with van der Waals surface area (Å²) in [7, 11) is 0. The summed E-state index contributed by atoms with van der Waals surface area (Å²) in [5.41, 5.74) is -1.51. The highest BCUT2D eigenvalue weighted by atomic mass is 19.4. The van der Waals surface area contributed by atoms with E-state index in [9.17, 15) is 23.2 Å². The maximum atomic E-state index is 14.1. The van der Waals surface area contributed by atoms with E-state index < -0.39 is 22.9 Å². The number of halogens is 3. The van der Waals surface area contributed by atoms with E-state index in [4.69, 9.17) is 4.74 Å². The Morgan fingerprint density at radius 1 is 0.941 bits per heavy atom. The fourth-order valence-electron chi connectivity index (χ4n) is 3.79. The normalized spacial score (nSPS) is 11.1. The highest BCUT2D eigenvalue weighted by molar-refractivity contribution is 5.68. The number of aromatic nitrogens is 1. The van der Waals surface area contributed by atoms with E-state index in [1.807, 2.05) is 18.2 Å². The van der Waals surface area contributed by atoms with Crippen LogP contribution < -0.4 is 10.3 Å². The smallest absolute Gasteiger partial charge is 0.418 e. The molecule has 4 nitrogen and oxygen atoms in total. The summed E-state index contributed by atoms with van der Waals surface area (Å²) in [6.07, 6.45) is -5.03. The molecule has 4 rings (SSSR count). The predicted octanol–water partition coefficient (Wildman–Crippen LogP) is 6.62. The lowest BCUT2D eigenvalue weighted by Gasteiger charge is -2.19. The number of aromatic amines is 1. The van der Waals surface area contributed by atoms with Gasteiger partial charge in [0.2, 0.25) is 0 Å². The number of ether oxygens (including phenoxy) is 1. The molecule has 170 valence electrons. The van der Waals surface area contributed by atoms with E-state index in [1.54, 1.807) is 67.6 Å². The number of nitriles is 1. The Morgan fingerprint density at radius 2 is 1.62 bits per heavy atom. The van der Waals surface area contributed by atoms with Crippen molar-refractivity contribution in [2.24, 2.45) is 0 Å². The predicted molar refractivity (Wildman–Crippen MR) is 123 cm³/mol. The number of H-pyrrole nitrogens is 1. The quantitative estimate of drug-likeness (QED) is 0.364. The molecule has 1 heterocycles. The highest BCUT2D eigenvalue weighted by Crippen LogP contribution is 2.38. The molecule has 0 aliphatic heterocycles. The lowest BCUT2D eigenvalue weighted by Crippen LogP contribution is -2.23. The molecule has 0 bridgehead atoms. The third-order valence-electron chi connectivity index (χ3n) is 5.30. The Morgan fingerprint density at radius 3 is 2.24 bits per heavy atom. The molecule has 1 N–H and O–H groups in total. The molecule has 1 aromatic heterocycles. The molecule has 0 amide bonds. The molecule has 0 saturated heterocycles. The van der Waals surface area contributed by atoms with Crippen LogP contribution in [0.1, 0.15) is 27.8 Å². The summed E-state index contributed by atoms with van der Waals surface area (Å²) in [5, 5.41) is 9.35. The van der Waals surface area contributed by atoms with Crippen LogP contribution in [0.25, 0.3) is 11.3 Å². The average molecular weight is 460 g/mol. The number of hydrogen-bond donors (Lipinski definition) is 1. The number of para-hydroxylation sites is 1. The number of benzene rings is 3. The molecule has 34 heavy (non-hydrogen) atoms. The van der Waals surface area contributed by atoms with Crippen LogP contribution in [0.3, 0.4) is 0 Å². The fraction of sp³-hybridized carbons (Fsp3) is 0.111. The first kappa shape index (κ1) is 22.9. The van der Waals surface area contributed by atoms with Crippen LogP contribution in [0.2, 0.25) is 0 Å². The SMILES string of the molecule is Cc1cccc(-c2[nH]c(=O)c(C#N)c(C(F)(F)F)c2Cc2ccc(Oc3ccccc3)cc2)c1. The molecule has 0 fully saturated rings. The van der Waals surface area contributed by atoms with Gasteiger partial charge in [0.25, 0.3) is 5.56 Å². The van der Waals surface area contributed by atoms with Gasteiger partial charge in [-0.25, -0.2) is 0 Å². The Balaban J connectivity index is 1.81. The maximum Gasteiger partial charge on any atom is 0.418 e. The van der Waals surface area contributed by atoms with Crippen LogP contribution in [0, 0.1) is 18.3 Å². The number of rotatable bonds is 5. The van der Waals surface area contributed by atoms with Crippen LogP contribution in [0.5, 0.6) is 11.5 Å². The summed E-state index contributed by atoms with van der Waals surface area (Å²) >= 11 is 0. The van der Waals surface area contributed by atoms with Crippen LogP contribution in [-0.4, -0.2) is 4.98 Å². The Labute approximate surface area is 193 Å². The minimum Gasteiger partial charge on any atom is -0.457 e. The van der Waals surface area contributed by atoms with Gasteiger partial charge in [0, 0.05) is 6.42 Å². The zero-order valence-corrected chi connectivity index (χ0v) is 18.1. The van der Waals surface area contributed by atoms with Gasteiger partial charge in [-0.15, -0.1) is 0 Å². The largest absolute Gasteiger partial charge is 0.457 e. The molecule has 0 unspecified atom stereocenters. The average Bonchev–Trinajstić information content (AvgIpc) is 2.81. The monoisotopic (exact) mass is 460 g/mol. The van der Waals surface area contributed by atoms with Gasteiger partial charge < -0.3 is 9.72 Å². The first-order valence-electron chi connectivity index (χ1n) is 10.4. The first-order chi connectivity index (χ1) is 16.3. The lowest BCUT2D eigenvalue weighted by atomic mass is 9.92. The van der Waals surface area contributed by atoms with Crippen molar-refractivity contribution in [3.8, 4) is 28.8 Å². The van der Waals surface area contributed by atoms with Gasteiger partial charge in [-0.2, -0.15) is 18.4 Å². The fourth-order valence-corrected chi connectivity index (χ4v) is 3.79. The second-order valence-corrected chi connectivity index (χ2v) is 7.77. The molecular formula is C27H19F3N2O2. The molecule has 0 radical (unpaired) electrons. The van der Waals surface area contributed by atoms with E-state index in [0.29, 0.717) is 22.6 Å². The molecule has 4 aromatic rings. The van der Waals surface area contributed by atoms with Crippen molar-refractivity contribution in [2.45, 2.75) is 19.5 Å². The molecule has 7 heteroatoms. The minimum atomic E-state index is -4.89. The maximum absolute atomic E-state index is 14.1. The Bertz CT molecular complexity index is 1420. The molecule has 0 aliphatic carbocycles. The molecule has 0 aliphatic rings. The molecule has 0 spiro atoms. The van der Waals surface area contributed by atoms with Crippen LogP contribution in [-0.2, 0) is 12.6 Å². The van der Waals surface area contributed by atoms with Crippen molar-refractivity contribution in [3.63, 3.8) is 0 Å². The third kappa shape index (κ3) is 4.86. The lowest BCUT2D eigenvalue weighted by molar-refractivity contribution is -0.138. The first-order valence-corrected chi connectivity index (χ1v) is 10.4. The van der Waals surface area contributed by atoms with Crippen molar-refractivity contribution < 1.29 is 17.9 Å². The summed E-state index contributed by atoms with van der Waals surface area (Å²) in [6, 6.07) is 24.0. The van der Waals surface area contributed by atoms with Crippen molar-refractivity contribution in [1.82, 2.24) is 4.98 Å². The van der Waals surface area contributed by atoms with E-state index in [2.05, 4.69) is 4.98 Å². The minimum absolute atomic E-state index is 0.0460. The number of alkyl halides is 3. The van der Waals surface area contributed by atoms with Gasteiger partial charge in [0.1, 0.15) is 23.1 Å². The van der Waals surface area contributed by atoms with Gasteiger partial charge in [-0.3, -0.25) is 4.79 Å². The number of hydrogen-bond acceptors (Lipinski definition) is 3. The second kappa shape index (κ2) is 9.28. The zero-order valence-electron chi connectivity index (χ0n) is 18.1. The molecule has 0 saturated carbocycles. The van der Waals surface area contributed by atoms with E-state index in [1.165, 1.54) is 6.07 Å². The summed E-state index contributed by atoms with van der Waals surface area (Å²) in [6.45, 7) is 1.81. The second-order valence-electron chi connectivity index (χ2n) is 7.77. The van der Waals surface area contributed by atoms with Crippen LogP contribution in [0.4, 0.5) is 13.2 Å². The third-order valence-corrected chi connectivity index (χ3v) is 5.30. The standard InChI is InChI=1S/C27H19F3N2O2/c1-17-6-5-7-19(14-17)25-22(24(27(28,29)30)23(16-31)26(33)32-25)15-18-10-12-21(13-11-18)34-20-8-3-2-4-9-20/h2-14H,15H2,1H3,(H,32,33). The van der Waals surface area contributed by atoms with Crippen LogP contribution in [0.15, 0.2) is 83.7 Å². The van der Waals surface area contributed by atoms with Gasteiger partial charge in [-0.1, -0.05) is 54.1 Å². The van der Waals surface area contributed by atoms with Gasteiger partial charge >= 0.3 is 6.18 Å². The van der Waals surface area contributed by atoms with Crippen molar-refractivity contribution in [1.29, 1.82) is 5.26 Å². The molecular weight excluding hydrogens is 441 g/mol. The summed E-state index contributed by atoms with van der Waals surface area (Å²) in [4.78, 5) is 14.9. The van der Waals surface area contributed by atoms with Crippen molar-refractivity contribution in [2.75, 3.05) is 0 Å². The van der Waals surface area contributed by atoms with Crippen molar-refractivity contribution in [3.05, 3.63) is 117 Å². The van der Waals surface area contributed by atoms with E-state index >= 15 is 0 Å². The van der Waals surface area contributed by atoms with Crippen molar-refractivity contribution >= 4 is 0 Å². The Hall–Kier alpha value is -4.31. The number of aryl methyl sites for hydroxylation is 1. The highest BCUT2D eigenvalue weighted by Gasteiger charge is 2.39. The molecule has 0 atom stereocenters. The number of nitrogens with one attached hydrogen (secondary N) is 1. The topological polar surface area (TPSA) is 65.9 Å².